The average Bonchev–Trinajstić information content (AvgIpc) is 3.04. The standard InChI is InChI=1S/C16H18N2S/c1-2-3-10-18-15-9-5-4-8-14(15)17-16(18)12-13-7-6-11-19-13/h4-9,11H,2-3,10,12H2,1H3. The van der Waals surface area contributed by atoms with Crippen LogP contribution < -0.4 is 0 Å². The van der Waals surface area contributed by atoms with E-state index in [0.717, 1.165) is 18.5 Å². The van der Waals surface area contributed by atoms with Crippen LogP contribution in [-0.2, 0) is 13.0 Å². The van der Waals surface area contributed by atoms with Crippen LogP contribution in [0.25, 0.3) is 11.0 Å². The van der Waals surface area contributed by atoms with E-state index in [2.05, 4.69) is 53.3 Å². The molecule has 2 heterocycles. The Balaban J connectivity index is 2.01. The Labute approximate surface area is 117 Å². The SMILES string of the molecule is CCCCn1c(Cc2cccs2)nc2ccccc21. The normalized spacial score (nSPS) is 11.2. The van der Waals surface area contributed by atoms with Crippen LogP contribution in [0.15, 0.2) is 41.8 Å². The average molecular weight is 270 g/mol. The zero-order valence-electron chi connectivity index (χ0n) is 11.2. The molecule has 2 nitrogen and oxygen atoms in total. The van der Waals surface area contributed by atoms with E-state index in [1.165, 1.54) is 29.1 Å². The minimum atomic E-state index is 0.941. The molecule has 0 spiro atoms. The van der Waals surface area contributed by atoms with Crippen molar-refractivity contribution < 1.29 is 0 Å². The minimum absolute atomic E-state index is 0.941. The number of hydrogen-bond acceptors (Lipinski definition) is 2. The smallest absolute Gasteiger partial charge is 0.115 e. The molecule has 0 saturated heterocycles. The van der Waals surface area contributed by atoms with Crippen LogP contribution in [-0.4, -0.2) is 9.55 Å². The summed E-state index contributed by atoms with van der Waals surface area (Å²) >= 11 is 1.81. The number of para-hydroxylation sites is 2. The van der Waals surface area contributed by atoms with E-state index in [9.17, 15) is 0 Å². The fourth-order valence-electron chi connectivity index (χ4n) is 2.40. The second-order valence-corrected chi connectivity index (χ2v) is 5.81. The summed E-state index contributed by atoms with van der Waals surface area (Å²) in [5.74, 6) is 1.19. The van der Waals surface area contributed by atoms with Gasteiger partial charge >= 0.3 is 0 Å². The molecule has 0 bridgehead atoms. The maximum Gasteiger partial charge on any atom is 0.115 e. The number of nitrogens with zero attached hydrogens (tertiary/aromatic N) is 2. The number of rotatable bonds is 5. The Morgan fingerprint density at radius 1 is 1.16 bits per heavy atom. The van der Waals surface area contributed by atoms with Crippen LogP contribution in [0.4, 0.5) is 0 Å². The number of imidazole rings is 1. The van der Waals surface area contributed by atoms with Gasteiger partial charge in [-0.25, -0.2) is 4.98 Å². The van der Waals surface area contributed by atoms with Gasteiger partial charge in [0.15, 0.2) is 0 Å². The molecule has 0 N–H and O–H groups in total. The number of thiophene rings is 1. The van der Waals surface area contributed by atoms with Crippen LogP contribution >= 0.6 is 11.3 Å². The summed E-state index contributed by atoms with van der Waals surface area (Å²) in [6.07, 6.45) is 3.36. The molecule has 98 valence electrons. The van der Waals surface area contributed by atoms with E-state index in [-0.39, 0.29) is 0 Å². The molecule has 2 aromatic heterocycles. The quantitative estimate of drug-likeness (QED) is 0.668. The molecule has 0 aliphatic carbocycles. The Hall–Kier alpha value is -1.61. The van der Waals surface area contributed by atoms with Gasteiger partial charge in [0.05, 0.1) is 11.0 Å². The highest BCUT2D eigenvalue weighted by molar-refractivity contribution is 7.09. The van der Waals surface area contributed by atoms with Gasteiger partial charge < -0.3 is 4.57 Å². The Bertz CT molecular complexity index is 653. The van der Waals surface area contributed by atoms with Crippen molar-refractivity contribution in [3.05, 3.63) is 52.5 Å². The number of hydrogen-bond donors (Lipinski definition) is 0. The summed E-state index contributed by atoms with van der Waals surface area (Å²) in [5, 5.41) is 2.13. The van der Waals surface area contributed by atoms with Crippen molar-refractivity contribution in [3.8, 4) is 0 Å². The van der Waals surface area contributed by atoms with Gasteiger partial charge in [-0.05, 0) is 30.0 Å². The topological polar surface area (TPSA) is 17.8 Å². The predicted octanol–water partition coefficient (Wildman–Crippen LogP) is 4.49. The number of benzene rings is 1. The lowest BCUT2D eigenvalue weighted by atomic mass is 10.3. The molecule has 0 radical (unpaired) electrons. The minimum Gasteiger partial charge on any atom is -0.328 e. The molecular formula is C16H18N2S. The van der Waals surface area contributed by atoms with E-state index in [1.54, 1.807) is 11.3 Å². The van der Waals surface area contributed by atoms with Gasteiger partial charge in [0.1, 0.15) is 5.82 Å². The van der Waals surface area contributed by atoms with E-state index in [4.69, 9.17) is 4.98 Å². The fraction of sp³-hybridized carbons (Fsp3) is 0.312. The number of fused-ring (bicyclic) bond motifs is 1. The lowest BCUT2D eigenvalue weighted by Gasteiger charge is -2.07. The first-order valence-electron chi connectivity index (χ1n) is 6.85. The summed E-state index contributed by atoms with van der Waals surface area (Å²) in [6.45, 7) is 3.30. The first-order valence-corrected chi connectivity index (χ1v) is 7.73. The maximum atomic E-state index is 4.81. The van der Waals surface area contributed by atoms with E-state index >= 15 is 0 Å². The lowest BCUT2D eigenvalue weighted by Crippen LogP contribution is -2.04. The molecule has 0 fully saturated rings. The van der Waals surface area contributed by atoms with Crippen molar-refractivity contribution in [2.24, 2.45) is 0 Å². The van der Waals surface area contributed by atoms with Crippen LogP contribution in [0.1, 0.15) is 30.5 Å². The fourth-order valence-corrected chi connectivity index (χ4v) is 3.10. The van der Waals surface area contributed by atoms with E-state index in [0.29, 0.717) is 0 Å². The van der Waals surface area contributed by atoms with Gasteiger partial charge in [0.2, 0.25) is 0 Å². The van der Waals surface area contributed by atoms with Crippen LogP contribution in [0.2, 0.25) is 0 Å². The van der Waals surface area contributed by atoms with Gasteiger partial charge in [-0.3, -0.25) is 0 Å². The molecule has 0 aliphatic heterocycles. The molecular weight excluding hydrogens is 252 g/mol. The highest BCUT2D eigenvalue weighted by Crippen LogP contribution is 2.21. The number of aromatic nitrogens is 2. The van der Waals surface area contributed by atoms with Crippen molar-refractivity contribution in [1.29, 1.82) is 0 Å². The second kappa shape index (κ2) is 5.57. The van der Waals surface area contributed by atoms with Gasteiger partial charge in [0, 0.05) is 17.8 Å². The van der Waals surface area contributed by atoms with Gasteiger partial charge in [-0.1, -0.05) is 31.5 Å². The first kappa shape index (κ1) is 12.4. The van der Waals surface area contributed by atoms with Crippen molar-refractivity contribution in [1.82, 2.24) is 9.55 Å². The summed E-state index contributed by atoms with van der Waals surface area (Å²) < 4.78 is 2.39. The molecule has 0 amide bonds. The van der Waals surface area contributed by atoms with Crippen molar-refractivity contribution in [2.45, 2.75) is 32.7 Å². The Kier molecular flexibility index (Phi) is 3.65. The molecule has 1 aromatic carbocycles. The summed E-state index contributed by atoms with van der Waals surface area (Å²) in [6, 6.07) is 12.7. The molecule has 19 heavy (non-hydrogen) atoms. The molecule has 0 unspecified atom stereocenters. The van der Waals surface area contributed by atoms with Gasteiger partial charge in [0.25, 0.3) is 0 Å². The third kappa shape index (κ3) is 2.56. The van der Waals surface area contributed by atoms with Crippen molar-refractivity contribution in [2.75, 3.05) is 0 Å². The van der Waals surface area contributed by atoms with Crippen molar-refractivity contribution in [3.63, 3.8) is 0 Å². The highest BCUT2D eigenvalue weighted by atomic mass is 32.1. The first-order chi connectivity index (χ1) is 9.38. The molecule has 0 saturated carbocycles. The largest absolute Gasteiger partial charge is 0.328 e. The van der Waals surface area contributed by atoms with E-state index < -0.39 is 0 Å². The number of aryl methyl sites for hydroxylation is 1. The zero-order chi connectivity index (χ0) is 13.1. The maximum absolute atomic E-state index is 4.81. The molecule has 3 rings (SSSR count). The Morgan fingerprint density at radius 3 is 2.84 bits per heavy atom. The number of unbranched alkanes of at least 4 members (excludes halogenated alkanes) is 1. The monoisotopic (exact) mass is 270 g/mol. The second-order valence-electron chi connectivity index (χ2n) is 4.78. The van der Waals surface area contributed by atoms with Crippen LogP contribution in [0.5, 0.6) is 0 Å². The summed E-state index contributed by atoms with van der Waals surface area (Å²) in [4.78, 5) is 6.19. The van der Waals surface area contributed by atoms with Crippen LogP contribution in [0.3, 0.4) is 0 Å². The lowest BCUT2D eigenvalue weighted by molar-refractivity contribution is 0.623. The summed E-state index contributed by atoms with van der Waals surface area (Å²) in [5.41, 5.74) is 2.38. The third-order valence-electron chi connectivity index (χ3n) is 3.38. The molecule has 3 heteroatoms. The third-order valence-corrected chi connectivity index (χ3v) is 4.26. The highest BCUT2D eigenvalue weighted by Gasteiger charge is 2.10. The molecule has 0 atom stereocenters. The van der Waals surface area contributed by atoms with E-state index in [1.807, 2.05) is 0 Å². The summed E-state index contributed by atoms with van der Waals surface area (Å²) in [7, 11) is 0. The Morgan fingerprint density at radius 2 is 2.05 bits per heavy atom. The molecule has 3 aromatic rings. The van der Waals surface area contributed by atoms with Gasteiger partial charge in [-0.2, -0.15) is 0 Å². The molecule has 0 aliphatic rings. The van der Waals surface area contributed by atoms with Crippen molar-refractivity contribution >= 4 is 22.4 Å². The van der Waals surface area contributed by atoms with Crippen LogP contribution in [0, 0.1) is 0 Å². The predicted molar refractivity (Wildman–Crippen MR) is 81.8 cm³/mol. The van der Waals surface area contributed by atoms with Gasteiger partial charge in [-0.15, -0.1) is 11.3 Å². The zero-order valence-corrected chi connectivity index (χ0v) is 12.0.